The van der Waals surface area contributed by atoms with Crippen molar-refractivity contribution in [3.05, 3.63) is 87.9 Å². The van der Waals surface area contributed by atoms with Gasteiger partial charge in [-0.05, 0) is 50.2 Å². The molecule has 4 atom stereocenters. The Morgan fingerprint density at radius 1 is 1.00 bits per heavy atom. The molecule has 0 fully saturated rings. The first-order valence-electron chi connectivity index (χ1n) is 14.3. The number of aliphatic hydroxyl groups is 2. The van der Waals surface area contributed by atoms with Crippen molar-refractivity contribution in [2.24, 2.45) is 11.7 Å². The Bertz CT molecular complexity index is 1260. The van der Waals surface area contributed by atoms with Gasteiger partial charge in [0, 0.05) is 24.5 Å². The Balaban J connectivity index is 1.67. The Labute approximate surface area is 253 Å². The van der Waals surface area contributed by atoms with E-state index in [1.807, 2.05) is 79.9 Å². The summed E-state index contributed by atoms with van der Waals surface area (Å²) in [5.41, 5.74) is 8.03. The Hall–Kier alpha value is -3.31. The zero-order valence-corrected chi connectivity index (χ0v) is 26.0. The van der Waals surface area contributed by atoms with Gasteiger partial charge in [-0.15, -0.1) is 11.3 Å². The molecule has 0 saturated heterocycles. The van der Waals surface area contributed by atoms with Crippen LogP contribution in [0.5, 0.6) is 0 Å². The Morgan fingerprint density at radius 2 is 1.57 bits per heavy atom. The van der Waals surface area contributed by atoms with Gasteiger partial charge in [-0.3, -0.25) is 4.79 Å². The van der Waals surface area contributed by atoms with Crippen molar-refractivity contribution in [3.8, 4) is 0 Å². The molecule has 6 N–H and O–H groups in total. The summed E-state index contributed by atoms with van der Waals surface area (Å²) in [6, 6.07) is 17.4. The molecule has 10 heteroatoms. The van der Waals surface area contributed by atoms with Crippen molar-refractivity contribution >= 4 is 23.3 Å². The van der Waals surface area contributed by atoms with E-state index in [-0.39, 0.29) is 24.8 Å². The molecule has 2 aromatic carbocycles. The molecule has 1 heterocycles. The van der Waals surface area contributed by atoms with Crippen LogP contribution in [0, 0.1) is 5.92 Å². The Morgan fingerprint density at radius 3 is 2.10 bits per heavy atom. The first-order valence-corrected chi connectivity index (χ1v) is 15.2. The number of aromatic nitrogens is 1. The summed E-state index contributed by atoms with van der Waals surface area (Å²) in [7, 11) is 1.64. The molecule has 0 radical (unpaired) electrons. The van der Waals surface area contributed by atoms with Crippen molar-refractivity contribution in [1.82, 2.24) is 20.5 Å². The van der Waals surface area contributed by atoms with Crippen LogP contribution in [0.3, 0.4) is 0 Å². The number of thiazole rings is 1. The van der Waals surface area contributed by atoms with Gasteiger partial charge in [0.1, 0.15) is 16.7 Å². The lowest BCUT2D eigenvalue weighted by Crippen LogP contribution is -2.55. The topological polar surface area (TPSA) is 141 Å². The van der Waals surface area contributed by atoms with Crippen molar-refractivity contribution < 1.29 is 19.8 Å². The van der Waals surface area contributed by atoms with Crippen LogP contribution in [-0.2, 0) is 29.8 Å². The molecule has 3 aromatic rings. The number of rotatable bonds is 14. The monoisotopic (exact) mass is 595 g/mol. The molecule has 0 bridgehead atoms. The van der Waals surface area contributed by atoms with Crippen molar-refractivity contribution in [1.29, 1.82) is 0 Å². The first kappa shape index (κ1) is 33.2. The second-order valence-corrected chi connectivity index (χ2v) is 12.6. The number of nitrogens with zero attached hydrogens (tertiary/aromatic N) is 2. The van der Waals surface area contributed by atoms with E-state index in [4.69, 9.17) is 5.73 Å². The van der Waals surface area contributed by atoms with Crippen molar-refractivity contribution in [2.45, 2.75) is 83.3 Å². The van der Waals surface area contributed by atoms with Gasteiger partial charge in [-0.2, -0.15) is 0 Å². The highest BCUT2D eigenvalue weighted by atomic mass is 32.1. The van der Waals surface area contributed by atoms with Gasteiger partial charge in [0.2, 0.25) is 5.91 Å². The summed E-state index contributed by atoms with van der Waals surface area (Å²) in [6.45, 7) is 7.31. The van der Waals surface area contributed by atoms with E-state index in [1.165, 1.54) is 16.2 Å². The average molecular weight is 596 g/mol. The lowest BCUT2D eigenvalue weighted by atomic mass is 9.93. The fourth-order valence-corrected chi connectivity index (χ4v) is 5.46. The van der Waals surface area contributed by atoms with Gasteiger partial charge in [-0.25, -0.2) is 9.78 Å². The smallest absolute Gasteiger partial charge is 0.318 e. The molecule has 0 aliphatic heterocycles. The minimum Gasteiger partial charge on any atom is -0.391 e. The zero-order valence-electron chi connectivity index (χ0n) is 25.2. The Kier molecular flexibility index (Phi) is 12.0. The number of aliphatic hydroxyl groups excluding tert-OH is 1. The quantitative estimate of drug-likeness (QED) is 0.193. The standard InChI is InChI=1S/C32H45N5O4S/c1-21(2)28(36-31(40)37(5)19-25-20-42-30(35-25)32(3,4)41)29(39)34-24(16-22-12-8-6-9-13-22)18-27(38)26(33)17-23-14-10-7-11-15-23/h6-15,20-21,24,26-28,38,41H,16-19,33H2,1-5H3,(H,34,39)(H,36,40)/t24-,26-,27-,28-/m0/s1. The predicted molar refractivity (Wildman–Crippen MR) is 167 cm³/mol. The zero-order chi connectivity index (χ0) is 30.9. The van der Waals surface area contributed by atoms with Gasteiger partial charge >= 0.3 is 6.03 Å². The highest BCUT2D eigenvalue weighted by molar-refractivity contribution is 7.09. The third-order valence-electron chi connectivity index (χ3n) is 7.05. The molecule has 0 unspecified atom stereocenters. The molecule has 1 aromatic heterocycles. The van der Waals surface area contributed by atoms with Crippen LogP contribution in [0.15, 0.2) is 66.0 Å². The summed E-state index contributed by atoms with van der Waals surface area (Å²) >= 11 is 1.34. The molecule has 0 spiro atoms. The van der Waals surface area contributed by atoms with Crippen LogP contribution >= 0.6 is 11.3 Å². The molecule has 0 saturated carbocycles. The molecule has 9 nitrogen and oxygen atoms in total. The molecular weight excluding hydrogens is 550 g/mol. The van der Waals surface area contributed by atoms with Gasteiger partial charge < -0.3 is 31.5 Å². The van der Waals surface area contributed by atoms with E-state index in [9.17, 15) is 19.8 Å². The lowest BCUT2D eigenvalue weighted by Gasteiger charge is -2.29. The van der Waals surface area contributed by atoms with E-state index >= 15 is 0 Å². The number of amides is 3. The summed E-state index contributed by atoms with van der Waals surface area (Å²) in [4.78, 5) is 32.5. The first-order chi connectivity index (χ1) is 19.8. The van der Waals surface area contributed by atoms with E-state index in [0.717, 1.165) is 11.1 Å². The largest absolute Gasteiger partial charge is 0.391 e. The molecule has 3 rings (SSSR count). The number of urea groups is 1. The maximum atomic E-state index is 13.6. The fraction of sp³-hybridized carbons (Fsp3) is 0.469. The predicted octanol–water partition coefficient (Wildman–Crippen LogP) is 3.59. The summed E-state index contributed by atoms with van der Waals surface area (Å²) < 4.78 is 0. The molecule has 0 aliphatic carbocycles. The fourth-order valence-electron chi connectivity index (χ4n) is 4.63. The van der Waals surface area contributed by atoms with E-state index < -0.39 is 35.9 Å². The lowest BCUT2D eigenvalue weighted by molar-refractivity contribution is -0.124. The number of hydrogen-bond donors (Lipinski definition) is 5. The highest BCUT2D eigenvalue weighted by Crippen LogP contribution is 2.24. The summed E-state index contributed by atoms with van der Waals surface area (Å²) in [5.74, 6) is -0.513. The molecule has 0 aliphatic rings. The third kappa shape index (κ3) is 10.2. The van der Waals surface area contributed by atoms with Crippen molar-refractivity contribution in [3.63, 3.8) is 0 Å². The maximum Gasteiger partial charge on any atom is 0.318 e. The molecular formula is C32H45N5O4S. The second-order valence-electron chi connectivity index (χ2n) is 11.8. The highest BCUT2D eigenvalue weighted by Gasteiger charge is 2.29. The van der Waals surface area contributed by atoms with Gasteiger partial charge in [0.05, 0.1) is 18.3 Å². The SMILES string of the molecule is CC(C)[C@H](NC(=O)N(C)Cc1csc(C(C)(C)O)n1)C(=O)N[C@@H](Cc1ccccc1)C[C@H](O)[C@@H](N)Cc1ccccc1. The number of carbonyl (C=O) groups excluding carboxylic acids is 2. The molecule has 3 amide bonds. The maximum absolute atomic E-state index is 13.6. The average Bonchev–Trinajstić information content (AvgIpc) is 3.41. The number of hydrogen-bond acceptors (Lipinski definition) is 7. The van der Waals surface area contributed by atoms with Crippen LogP contribution in [0.4, 0.5) is 4.79 Å². The minimum atomic E-state index is -1.06. The number of carbonyl (C=O) groups is 2. The van der Waals surface area contributed by atoms with Crippen LogP contribution in [0.25, 0.3) is 0 Å². The normalized spacial score (nSPS) is 14.6. The van der Waals surface area contributed by atoms with Crippen molar-refractivity contribution in [2.75, 3.05) is 7.05 Å². The number of nitrogens with two attached hydrogens (primary N) is 1. The van der Waals surface area contributed by atoms with Crippen LogP contribution in [-0.4, -0.2) is 63.3 Å². The number of nitrogens with one attached hydrogen (secondary N) is 2. The van der Waals surface area contributed by atoms with Crippen LogP contribution < -0.4 is 16.4 Å². The summed E-state index contributed by atoms with van der Waals surface area (Å²) in [5, 5.41) is 29.5. The number of benzene rings is 2. The van der Waals surface area contributed by atoms with Gasteiger partial charge in [0.25, 0.3) is 0 Å². The van der Waals surface area contributed by atoms with E-state index in [2.05, 4.69) is 15.6 Å². The van der Waals surface area contributed by atoms with Crippen LogP contribution in [0.2, 0.25) is 0 Å². The second kappa shape index (κ2) is 15.2. The van der Waals surface area contributed by atoms with E-state index in [1.54, 1.807) is 20.9 Å². The minimum absolute atomic E-state index is 0.189. The van der Waals surface area contributed by atoms with Gasteiger partial charge in [-0.1, -0.05) is 74.5 Å². The summed E-state index contributed by atoms with van der Waals surface area (Å²) in [6.07, 6.45) is 0.444. The third-order valence-corrected chi connectivity index (χ3v) is 8.26. The van der Waals surface area contributed by atoms with Crippen LogP contribution in [0.1, 0.15) is 55.9 Å². The molecule has 228 valence electrons. The molecule has 42 heavy (non-hydrogen) atoms. The van der Waals surface area contributed by atoms with E-state index in [0.29, 0.717) is 23.5 Å². The van der Waals surface area contributed by atoms with Gasteiger partial charge in [0.15, 0.2) is 0 Å².